The van der Waals surface area contributed by atoms with Crippen LogP contribution in [0.5, 0.6) is 11.5 Å². The molecular weight excluding hydrogens is 362 g/mol. The molecule has 1 fully saturated rings. The van der Waals surface area contributed by atoms with Crippen LogP contribution in [0, 0.1) is 0 Å². The normalized spacial score (nSPS) is 16.5. The topological polar surface area (TPSA) is 38.8 Å². The molecule has 4 nitrogen and oxygen atoms in total. The fourth-order valence-corrected chi connectivity index (χ4v) is 3.65. The SMILES string of the molecule is O=C(/C=C/C=C/CCCCCC/C=C/c1ccc2c(c1)OCO2)N1CCCCC1. The molecule has 0 saturated carbocycles. The zero-order chi connectivity index (χ0) is 20.2. The summed E-state index contributed by atoms with van der Waals surface area (Å²) in [5.41, 5.74) is 1.16. The molecule has 0 N–H and O–H groups in total. The Balaban J connectivity index is 1.19. The van der Waals surface area contributed by atoms with E-state index in [2.05, 4.69) is 24.3 Å². The van der Waals surface area contributed by atoms with Crippen LogP contribution in [0.4, 0.5) is 0 Å². The van der Waals surface area contributed by atoms with E-state index in [1.54, 1.807) is 6.08 Å². The highest BCUT2D eigenvalue weighted by molar-refractivity contribution is 5.87. The highest BCUT2D eigenvalue weighted by atomic mass is 16.7. The number of fused-ring (bicyclic) bond motifs is 1. The molecule has 0 bridgehead atoms. The van der Waals surface area contributed by atoms with Gasteiger partial charge in [-0.1, -0.05) is 49.3 Å². The minimum atomic E-state index is 0.156. The van der Waals surface area contributed by atoms with Gasteiger partial charge < -0.3 is 14.4 Å². The molecule has 2 aliphatic heterocycles. The number of amides is 1. The molecule has 1 saturated heterocycles. The molecule has 156 valence electrons. The molecule has 29 heavy (non-hydrogen) atoms. The number of ether oxygens (including phenoxy) is 2. The highest BCUT2D eigenvalue weighted by Gasteiger charge is 2.13. The first-order valence-corrected chi connectivity index (χ1v) is 11.0. The van der Waals surface area contributed by atoms with Crippen molar-refractivity contribution in [1.29, 1.82) is 0 Å². The van der Waals surface area contributed by atoms with Gasteiger partial charge in [0.15, 0.2) is 11.5 Å². The van der Waals surface area contributed by atoms with Crippen LogP contribution >= 0.6 is 0 Å². The maximum absolute atomic E-state index is 12.0. The molecule has 0 aliphatic carbocycles. The van der Waals surface area contributed by atoms with Crippen molar-refractivity contribution < 1.29 is 14.3 Å². The number of piperidine rings is 1. The minimum absolute atomic E-state index is 0.156. The summed E-state index contributed by atoms with van der Waals surface area (Å²) in [5, 5.41) is 0. The third kappa shape index (κ3) is 7.45. The lowest BCUT2D eigenvalue weighted by atomic mass is 10.1. The van der Waals surface area contributed by atoms with E-state index < -0.39 is 0 Å². The number of allylic oxidation sites excluding steroid dienone is 4. The van der Waals surface area contributed by atoms with E-state index in [1.165, 1.54) is 32.1 Å². The van der Waals surface area contributed by atoms with Crippen molar-refractivity contribution in [2.24, 2.45) is 0 Å². The van der Waals surface area contributed by atoms with Gasteiger partial charge in [0.2, 0.25) is 12.7 Å². The van der Waals surface area contributed by atoms with Crippen molar-refractivity contribution >= 4 is 12.0 Å². The van der Waals surface area contributed by atoms with Gasteiger partial charge in [0.25, 0.3) is 0 Å². The zero-order valence-corrected chi connectivity index (χ0v) is 17.4. The highest BCUT2D eigenvalue weighted by Crippen LogP contribution is 2.32. The van der Waals surface area contributed by atoms with E-state index >= 15 is 0 Å². The van der Waals surface area contributed by atoms with Crippen LogP contribution < -0.4 is 9.47 Å². The number of unbranched alkanes of at least 4 members (excludes halogenated alkanes) is 5. The van der Waals surface area contributed by atoms with Gasteiger partial charge >= 0.3 is 0 Å². The summed E-state index contributed by atoms with van der Waals surface area (Å²) in [4.78, 5) is 13.9. The Morgan fingerprint density at radius 3 is 2.48 bits per heavy atom. The predicted octanol–water partition coefficient (Wildman–Crippen LogP) is 5.89. The number of benzene rings is 1. The number of hydrogen-bond donors (Lipinski definition) is 0. The monoisotopic (exact) mass is 395 g/mol. The second-order valence-corrected chi connectivity index (χ2v) is 7.68. The van der Waals surface area contributed by atoms with Crippen molar-refractivity contribution in [3.05, 3.63) is 54.1 Å². The number of likely N-dealkylation sites (tertiary alicyclic amines) is 1. The standard InChI is InChI=1S/C25H33NO3/c27-25(26-18-12-9-13-19-26)15-11-8-6-4-2-1-3-5-7-10-14-22-16-17-23-24(20-22)29-21-28-23/h6,8,10-11,14-17,20H,1-5,7,9,12-13,18-19,21H2/b8-6+,14-10+,15-11+. The van der Waals surface area contributed by atoms with Crippen LogP contribution in [-0.4, -0.2) is 30.7 Å². The number of rotatable bonds is 10. The quantitative estimate of drug-likeness (QED) is 0.281. The van der Waals surface area contributed by atoms with Crippen molar-refractivity contribution in [2.75, 3.05) is 19.9 Å². The first-order valence-electron chi connectivity index (χ1n) is 11.0. The smallest absolute Gasteiger partial charge is 0.246 e. The van der Waals surface area contributed by atoms with E-state index in [9.17, 15) is 4.79 Å². The van der Waals surface area contributed by atoms with Gasteiger partial charge in [-0.2, -0.15) is 0 Å². The van der Waals surface area contributed by atoms with E-state index in [4.69, 9.17) is 9.47 Å². The first-order chi connectivity index (χ1) is 14.3. The van der Waals surface area contributed by atoms with E-state index in [1.807, 2.05) is 29.2 Å². The molecule has 3 rings (SSSR count). The number of carbonyl (C=O) groups is 1. The second kappa shape index (κ2) is 12.2. The Morgan fingerprint density at radius 2 is 1.66 bits per heavy atom. The minimum Gasteiger partial charge on any atom is -0.454 e. The zero-order valence-electron chi connectivity index (χ0n) is 17.4. The van der Waals surface area contributed by atoms with Gasteiger partial charge in [0, 0.05) is 19.2 Å². The maximum atomic E-state index is 12.0. The molecule has 0 spiro atoms. The van der Waals surface area contributed by atoms with Gasteiger partial charge in [0.05, 0.1) is 0 Å². The van der Waals surface area contributed by atoms with Crippen molar-refractivity contribution in [2.45, 2.75) is 57.8 Å². The van der Waals surface area contributed by atoms with Crippen LogP contribution in [0.25, 0.3) is 6.08 Å². The molecule has 1 aromatic rings. The van der Waals surface area contributed by atoms with Crippen LogP contribution in [0.1, 0.15) is 63.4 Å². The Labute approximate surface area is 174 Å². The van der Waals surface area contributed by atoms with Crippen molar-refractivity contribution in [1.82, 2.24) is 4.90 Å². The average molecular weight is 396 g/mol. The fraction of sp³-hybridized carbons (Fsp3) is 0.480. The molecule has 2 aliphatic rings. The van der Waals surface area contributed by atoms with E-state index in [0.717, 1.165) is 55.8 Å². The Bertz CT molecular complexity index is 730. The summed E-state index contributed by atoms with van der Waals surface area (Å²) in [5.74, 6) is 1.83. The molecule has 4 heteroatoms. The second-order valence-electron chi connectivity index (χ2n) is 7.68. The number of carbonyl (C=O) groups excluding carboxylic acids is 1. The van der Waals surface area contributed by atoms with Gasteiger partial charge in [-0.25, -0.2) is 0 Å². The maximum Gasteiger partial charge on any atom is 0.246 e. The van der Waals surface area contributed by atoms with E-state index in [0.29, 0.717) is 6.79 Å². The lowest BCUT2D eigenvalue weighted by Gasteiger charge is -2.25. The summed E-state index contributed by atoms with van der Waals surface area (Å²) in [6.45, 7) is 2.16. The van der Waals surface area contributed by atoms with Crippen LogP contribution in [-0.2, 0) is 4.79 Å². The van der Waals surface area contributed by atoms with Crippen LogP contribution in [0.2, 0.25) is 0 Å². The Kier molecular flexibility index (Phi) is 8.89. The molecule has 0 radical (unpaired) electrons. The molecular formula is C25H33NO3. The number of hydrogen-bond acceptors (Lipinski definition) is 3. The summed E-state index contributed by atoms with van der Waals surface area (Å²) < 4.78 is 10.7. The lowest BCUT2D eigenvalue weighted by Crippen LogP contribution is -2.34. The van der Waals surface area contributed by atoms with Crippen LogP contribution in [0.15, 0.2) is 48.6 Å². The van der Waals surface area contributed by atoms with E-state index in [-0.39, 0.29) is 5.91 Å². The third-order valence-electron chi connectivity index (χ3n) is 5.35. The van der Waals surface area contributed by atoms with Crippen LogP contribution in [0.3, 0.4) is 0 Å². The fourth-order valence-electron chi connectivity index (χ4n) is 3.65. The van der Waals surface area contributed by atoms with Gasteiger partial charge in [-0.3, -0.25) is 4.79 Å². The molecule has 0 unspecified atom stereocenters. The average Bonchev–Trinajstić information content (AvgIpc) is 3.23. The predicted molar refractivity (Wildman–Crippen MR) is 118 cm³/mol. The van der Waals surface area contributed by atoms with Gasteiger partial charge in [-0.05, 0) is 62.6 Å². The third-order valence-corrected chi connectivity index (χ3v) is 5.35. The molecule has 1 amide bonds. The van der Waals surface area contributed by atoms with Gasteiger partial charge in [-0.15, -0.1) is 0 Å². The summed E-state index contributed by atoms with van der Waals surface area (Å²) in [6, 6.07) is 6.05. The molecule has 0 aromatic heterocycles. The molecule has 2 heterocycles. The van der Waals surface area contributed by atoms with Gasteiger partial charge in [0.1, 0.15) is 0 Å². The summed E-state index contributed by atoms with van der Waals surface area (Å²) >= 11 is 0. The number of nitrogens with zero attached hydrogens (tertiary/aromatic N) is 1. The lowest BCUT2D eigenvalue weighted by molar-refractivity contribution is -0.126. The van der Waals surface area contributed by atoms with Crippen molar-refractivity contribution in [3.63, 3.8) is 0 Å². The summed E-state index contributed by atoms with van der Waals surface area (Å²) in [6.07, 6.45) is 22.8. The Morgan fingerprint density at radius 1 is 0.897 bits per heavy atom. The molecule has 0 atom stereocenters. The van der Waals surface area contributed by atoms with Crippen molar-refractivity contribution in [3.8, 4) is 11.5 Å². The first kappa shape index (κ1) is 21.2. The Hall–Kier alpha value is -2.49. The molecule has 1 aromatic carbocycles. The summed E-state index contributed by atoms with van der Waals surface area (Å²) in [7, 11) is 0. The largest absolute Gasteiger partial charge is 0.454 e.